The van der Waals surface area contributed by atoms with E-state index in [2.05, 4.69) is 15.9 Å². The van der Waals surface area contributed by atoms with Gasteiger partial charge in [0.05, 0.1) is 30.4 Å². The zero-order chi connectivity index (χ0) is 23.5. The molecule has 4 rings (SSSR count). The average Bonchev–Trinajstić information content (AvgIpc) is 3.42. The summed E-state index contributed by atoms with van der Waals surface area (Å²) in [4.78, 5) is 44.2. The fraction of sp³-hybridized carbons (Fsp3) is 0.391. The molecular weight excluding hydrogens is 528 g/mol. The molecule has 1 fully saturated rings. The molecular formula is C23H23BrN2O5S2. The Bertz CT molecular complexity index is 1250. The minimum Gasteiger partial charge on any atom is -0.462 e. The van der Waals surface area contributed by atoms with Crippen LogP contribution in [0.2, 0.25) is 0 Å². The summed E-state index contributed by atoms with van der Waals surface area (Å²) in [6, 6.07) is 7.16. The Hall–Kier alpha value is -2.01. The number of thiophene rings is 1. The van der Waals surface area contributed by atoms with Crippen molar-refractivity contribution in [1.82, 2.24) is 9.55 Å². The first-order valence-electron chi connectivity index (χ1n) is 10.6. The summed E-state index contributed by atoms with van der Waals surface area (Å²) in [5.41, 5.74) is 0.948. The lowest BCUT2D eigenvalue weighted by Gasteiger charge is -2.15. The molecule has 0 saturated carbocycles. The molecule has 0 unspecified atom stereocenters. The molecule has 1 aliphatic heterocycles. The number of halogens is 1. The quantitative estimate of drug-likeness (QED) is 0.171. The van der Waals surface area contributed by atoms with E-state index < -0.39 is 5.97 Å². The molecule has 2 aromatic heterocycles. The monoisotopic (exact) mass is 550 g/mol. The second-order valence-electron chi connectivity index (χ2n) is 7.62. The first-order valence-corrected chi connectivity index (χ1v) is 13.2. The van der Waals surface area contributed by atoms with E-state index in [0.717, 1.165) is 28.7 Å². The van der Waals surface area contributed by atoms with Crippen LogP contribution in [0.25, 0.3) is 10.2 Å². The number of thioether (sulfide) groups is 1. The number of carbonyl (C=O) groups excluding carboxylic acids is 2. The molecule has 3 heterocycles. The van der Waals surface area contributed by atoms with Gasteiger partial charge in [-0.15, -0.1) is 11.3 Å². The van der Waals surface area contributed by atoms with E-state index in [-0.39, 0.29) is 29.8 Å². The average molecular weight is 551 g/mol. The Morgan fingerprint density at radius 1 is 1.33 bits per heavy atom. The Balaban J connectivity index is 1.70. The number of aryl methyl sites for hydroxylation is 1. The highest BCUT2D eigenvalue weighted by Crippen LogP contribution is 2.30. The number of nitrogens with zero attached hydrogens (tertiary/aromatic N) is 2. The third-order valence-corrected chi connectivity index (χ3v) is 8.06. The second-order valence-corrected chi connectivity index (χ2v) is 10.5. The van der Waals surface area contributed by atoms with Gasteiger partial charge in [0.1, 0.15) is 9.71 Å². The van der Waals surface area contributed by atoms with Crippen LogP contribution in [0, 0.1) is 6.92 Å². The molecule has 3 aromatic rings. The maximum atomic E-state index is 13.5. The topological polar surface area (TPSA) is 87.5 Å². The van der Waals surface area contributed by atoms with E-state index in [9.17, 15) is 14.4 Å². The summed E-state index contributed by atoms with van der Waals surface area (Å²) in [6.45, 7) is 4.77. The summed E-state index contributed by atoms with van der Waals surface area (Å²) in [6.07, 6.45) is 1.74. The molecule has 33 heavy (non-hydrogen) atoms. The highest BCUT2D eigenvalue weighted by Gasteiger charge is 2.25. The van der Waals surface area contributed by atoms with Crippen LogP contribution in [0.1, 0.15) is 45.4 Å². The molecule has 0 amide bonds. The summed E-state index contributed by atoms with van der Waals surface area (Å²) in [5, 5.41) is 0.870. The van der Waals surface area contributed by atoms with Gasteiger partial charge in [-0.25, -0.2) is 9.78 Å². The van der Waals surface area contributed by atoms with Crippen LogP contribution >= 0.6 is 39.0 Å². The molecule has 174 valence electrons. The number of hydrogen-bond donors (Lipinski definition) is 0. The molecule has 0 N–H and O–H groups in total. The van der Waals surface area contributed by atoms with Crippen molar-refractivity contribution in [3.8, 4) is 0 Å². The van der Waals surface area contributed by atoms with Crippen molar-refractivity contribution >= 4 is 61.0 Å². The first-order chi connectivity index (χ1) is 15.9. The largest absolute Gasteiger partial charge is 0.462 e. The Morgan fingerprint density at radius 2 is 2.09 bits per heavy atom. The van der Waals surface area contributed by atoms with Gasteiger partial charge in [-0.1, -0.05) is 39.8 Å². The molecule has 1 aliphatic rings. The highest BCUT2D eigenvalue weighted by atomic mass is 79.9. The molecule has 0 spiro atoms. The van der Waals surface area contributed by atoms with E-state index in [1.807, 2.05) is 12.1 Å². The summed E-state index contributed by atoms with van der Waals surface area (Å²) >= 11 is 5.75. The zero-order valence-corrected chi connectivity index (χ0v) is 21.5. The number of rotatable bonds is 8. The number of benzene rings is 1. The molecule has 0 radical (unpaired) electrons. The number of hydrogen-bond acceptors (Lipinski definition) is 8. The Morgan fingerprint density at radius 3 is 2.76 bits per heavy atom. The van der Waals surface area contributed by atoms with Crippen LogP contribution in [0.3, 0.4) is 0 Å². The van der Waals surface area contributed by atoms with Gasteiger partial charge in [0.25, 0.3) is 5.56 Å². The van der Waals surface area contributed by atoms with Crippen molar-refractivity contribution in [3.05, 3.63) is 55.1 Å². The van der Waals surface area contributed by atoms with E-state index in [0.29, 0.717) is 44.5 Å². The fourth-order valence-corrected chi connectivity index (χ4v) is 5.99. The lowest BCUT2D eigenvalue weighted by Crippen LogP contribution is -2.29. The van der Waals surface area contributed by atoms with Crippen LogP contribution in [-0.4, -0.2) is 46.4 Å². The predicted octanol–water partition coefficient (Wildman–Crippen LogP) is 4.86. The summed E-state index contributed by atoms with van der Waals surface area (Å²) in [5.74, 6) is -0.372. The zero-order valence-electron chi connectivity index (χ0n) is 18.3. The SMILES string of the molecule is CCOC(=O)c1sc2nc(SCC(=O)c3ccc(Br)cc3)n(C[C@@H]3CCCO3)c(=O)c2c1C. The van der Waals surface area contributed by atoms with Crippen molar-refractivity contribution < 1.29 is 19.1 Å². The van der Waals surface area contributed by atoms with Gasteiger partial charge in [-0.2, -0.15) is 0 Å². The number of ether oxygens (including phenoxy) is 2. The van der Waals surface area contributed by atoms with Crippen molar-refractivity contribution in [1.29, 1.82) is 0 Å². The van der Waals surface area contributed by atoms with Crippen LogP contribution < -0.4 is 5.56 Å². The van der Waals surface area contributed by atoms with Crippen molar-refractivity contribution in [3.63, 3.8) is 0 Å². The number of Topliss-reactive ketones (excluding diaryl/α,β-unsaturated/α-hetero) is 1. The van der Waals surface area contributed by atoms with Gasteiger partial charge in [0, 0.05) is 16.6 Å². The van der Waals surface area contributed by atoms with Gasteiger partial charge >= 0.3 is 5.97 Å². The van der Waals surface area contributed by atoms with Crippen LogP contribution in [0.15, 0.2) is 38.7 Å². The molecule has 0 bridgehead atoms. The fourth-order valence-electron chi connectivity index (χ4n) is 3.70. The van der Waals surface area contributed by atoms with Crippen molar-refractivity contribution in [2.75, 3.05) is 19.0 Å². The number of ketones is 1. The lowest BCUT2D eigenvalue weighted by molar-refractivity contribution is 0.0531. The molecule has 1 atom stereocenters. The summed E-state index contributed by atoms with van der Waals surface area (Å²) in [7, 11) is 0. The van der Waals surface area contributed by atoms with E-state index in [1.165, 1.54) is 11.8 Å². The van der Waals surface area contributed by atoms with Gasteiger partial charge < -0.3 is 9.47 Å². The van der Waals surface area contributed by atoms with E-state index >= 15 is 0 Å². The summed E-state index contributed by atoms with van der Waals surface area (Å²) < 4.78 is 13.4. The smallest absolute Gasteiger partial charge is 0.348 e. The lowest BCUT2D eigenvalue weighted by atomic mass is 10.2. The first kappa shape index (κ1) is 24.1. The molecule has 1 aromatic carbocycles. The maximum absolute atomic E-state index is 13.5. The van der Waals surface area contributed by atoms with Crippen molar-refractivity contribution in [2.24, 2.45) is 0 Å². The molecule has 0 aliphatic carbocycles. The van der Waals surface area contributed by atoms with Gasteiger partial charge in [0.2, 0.25) is 0 Å². The number of esters is 1. The van der Waals surface area contributed by atoms with Gasteiger partial charge in [-0.3, -0.25) is 14.2 Å². The van der Waals surface area contributed by atoms with Crippen LogP contribution in [0.5, 0.6) is 0 Å². The molecule has 10 heteroatoms. The minimum atomic E-state index is -0.456. The minimum absolute atomic E-state index is 0.0555. The number of carbonyl (C=O) groups is 2. The normalized spacial score (nSPS) is 15.8. The second kappa shape index (κ2) is 10.5. The van der Waals surface area contributed by atoms with Crippen LogP contribution in [-0.2, 0) is 16.0 Å². The van der Waals surface area contributed by atoms with Gasteiger partial charge in [-0.05, 0) is 44.4 Å². The Kier molecular flexibility index (Phi) is 7.68. The van der Waals surface area contributed by atoms with E-state index in [4.69, 9.17) is 14.5 Å². The number of fused-ring (bicyclic) bond motifs is 1. The molecule has 1 saturated heterocycles. The Labute approximate surface area is 207 Å². The predicted molar refractivity (Wildman–Crippen MR) is 133 cm³/mol. The number of aromatic nitrogens is 2. The third kappa shape index (κ3) is 5.24. The van der Waals surface area contributed by atoms with Gasteiger partial charge in [0.15, 0.2) is 10.9 Å². The maximum Gasteiger partial charge on any atom is 0.348 e. The third-order valence-electron chi connectivity index (χ3n) is 5.38. The standard InChI is InChI=1S/C23H23BrN2O5S2/c1-3-30-22(29)19-13(2)18-20(33-19)25-23(26(21(18)28)11-16-5-4-10-31-16)32-12-17(27)14-6-8-15(24)9-7-14/h6-9,16H,3-5,10-12H2,1-2H3/t16-/m0/s1. The van der Waals surface area contributed by atoms with Crippen LogP contribution in [0.4, 0.5) is 0 Å². The van der Waals surface area contributed by atoms with Crippen molar-refractivity contribution in [2.45, 2.75) is 44.5 Å². The highest BCUT2D eigenvalue weighted by molar-refractivity contribution is 9.10. The van der Waals surface area contributed by atoms with E-state index in [1.54, 1.807) is 30.5 Å². The molecule has 7 nitrogen and oxygen atoms in total.